The van der Waals surface area contributed by atoms with Crippen LogP contribution in [0.2, 0.25) is 0 Å². The Hall–Kier alpha value is -3.20. The van der Waals surface area contributed by atoms with Crippen molar-refractivity contribution in [1.82, 2.24) is 10.6 Å². The first kappa shape index (κ1) is 21.1. The number of rotatable bonds is 8. The quantitative estimate of drug-likeness (QED) is 0.458. The highest BCUT2D eigenvalue weighted by Crippen LogP contribution is 2.15. The van der Waals surface area contributed by atoms with Gasteiger partial charge in [-0.25, -0.2) is 0 Å². The molecule has 0 aliphatic heterocycles. The molecule has 9 heteroatoms. The van der Waals surface area contributed by atoms with Gasteiger partial charge in [0, 0.05) is 6.42 Å². The van der Waals surface area contributed by atoms with Crippen LogP contribution in [0.15, 0.2) is 47.1 Å². The Bertz CT molecular complexity index is 836. The summed E-state index contributed by atoms with van der Waals surface area (Å²) in [6.45, 7) is 2.20. The molecule has 2 aromatic rings. The summed E-state index contributed by atoms with van der Waals surface area (Å²) in [5.41, 5.74) is 0.798. The number of esters is 1. The topological polar surface area (TPSA) is 110 Å². The maximum absolute atomic E-state index is 12.4. The van der Waals surface area contributed by atoms with E-state index in [1.54, 1.807) is 43.3 Å². The minimum Gasteiger partial charge on any atom is -0.467 e. The van der Waals surface area contributed by atoms with Crippen molar-refractivity contribution in [3.05, 3.63) is 54.0 Å². The molecule has 0 radical (unpaired) electrons. The summed E-state index contributed by atoms with van der Waals surface area (Å²) in [4.78, 5) is 35.6. The monoisotopic (exact) mass is 403 g/mol. The summed E-state index contributed by atoms with van der Waals surface area (Å²) in [7, 11) is 0. The number of benzene rings is 1. The van der Waals surface area contributed by atoms with Gasteiger partial charge in [-0.3, -0.25) is 14.4 Å². The first-order valence-electron chi connectivity index (χ1n) is 8.65. The maximum atomic E-state index is 12.4. The first-order valence-corrected chi connectivity index (χ1v) is 9.06. The molecule has 0 spiro atoms. The molecule has 0 unspecified atom stereocenters. The molecule has 0 saturated carbocycles. The van der Waals surface area contributed by atoms with Crippen molar-refractivity contribution in [3.63, 3.8) is 0 Å². The van der Waals surface area contributed by atoms with Crippen molar-refractivity contribution in [2.75, 3.05) is 11.9 Å². The molecule has 2 amide bonds. The molecule has 0 saturated heterocycles. The van der Waals surface area contributed by atoms with Gasteiger partial charge in [0.2, 0.25) is 5.91 Å². The van der Waals surface area contributed by atoms with Gasteiger partial charge in [-0.05, 0) is 43.4 Å². The van der Waals surface area contributed by atoms with Crippen LogP contribution in [0, 0.1) is 0 Å². The van der Waals surface area contributed by atoms with E-state index in [2.05, 4.69) is 16.0 Å². The number of furan rings is 1. The van der Waals surface area contributed by atoms with Crippen molar-refractivity contribution in [3.8, 4) is 0 Å². The molecule has 0 atom stereocenters. The van der Waals surface area contributed by atoms with E-state index in [0.29, 0.717) is 17.0 Å². The van der Waals surface area contributed by atoms with Gasteiger partial charge in [0.15, 0.2) is 5.11 Å². The summed E-state index contributed by atoms with van der Waals surface area (Å²) in [5.74, 6) is -0.570. The van der Waals surface area contributed by atoms with Crippen molar-refractivity contribution in [2.24, 2.45) is 0 Å². The van der Waals surface area contributed by atoms with Gasteiger partial charge in [-0.2, -0.15) is 0 Å². The highest BCUT2D eigenvalue weighted by atomic mass is 32.1. The van der Waals surface area contributed by atoms with Crippen molar-refractivity contribution in [1.29, 1.82) is 0 Å². The second-order valence-corrected chi connectivity index (χ2v) is 6.02. The molecule has 0 fully saturated rings. The van der Waals surface area contributed by atoms with Gasteiger partial charge in [0.25, 0.3) is 5.91 Å². The highest BCUT2D eigenvalue weighted by molar-refractivity contribution is 7.80. The third-order valence-electron chi connectivity index (χ3n) is 3.54. The van der Waals surface area contributed by atoms with Crippen LogP contribution in [0.5, 0.6) is 0 Å². The fourth-order valence-corrected chi connectivity index (χ4v) is 2.48. The van der Waals surface area contributed by atoms with E-state index in [4.69, 9.17) is 21.4 Å². The molecular formula is C19H21N3O5S. The lowest BCUT2D eigenvalue weighted by Crippen LogP contribution is -2.35. The zero-order chi connectivity index (χ0) is 20.4. The maximum Gasteiger partial charge on any atom is 0.306 e. The second kappa shape index (κ2) is 10.8. The molecule has 1 aromatic heterocycles. The normalized spacial score (nSPS) is 10.0. The van der Waals surface area contributed by atoms with Crippen LogP contribution >= 0.6 is 12.2 Å². The summed E-state index contributed by atoms with van der Waals surface area (Å²) >= 11 is 5.11. The molecule has 148 valence electrons. The van der Waals surface area contributed by atoms with Gasteiger partial charge in [-0.15, -0.1) is 0 Å². The Morgan fingerprint density at radius 3 is 2.61 bits per heavy atom. The first-order chi connectivity index (χ1) is 13.5. The Labute approximate surface area is 167 Å². The second-order valence-electron chi connectivity index (χ2n) is 5.61. The van der Waals surface area contributed by atoms with Crippen LogP contribution in [0.3, 0.4) is 0 Å². The van der Waals surface area contributed by atoms with Gasteiger partial charge >= 0.3 is 5.97 Å². The molecule has 0 aliphatic rings. The van der Waals surface area contributed by atoms with Crippen molar-refractivity contribution in [2.45, 2.75) is 26.3 Å². The van der Waals surface area contributed by atoms with Crippen molar-refractivity contribution < 1.29 is 23.5 Å². The standard InChI is InChI=1S/C19H21N3O5S/c1-2-26-17(24)10-9-16(23)22-19(28)21-15-8-4-3-7-14(15)18(25)20-12-13-6-5-11-27-13/h3-8,11H,2,9-10,12H2,1H3,(H,20,25)(H2,21,22,23,28). The molecule has 2 rings (SSSR count). The van der Waals surface area contributed by atoms with Crippen LogP contribution < -0.4 is 16.0 Å². The number of thiocarbonyl (C=S) groups is 1. The molecule has 1 heterocycles. The van der Waals surface area contributed by atoms with E-state index in [1.165, 1.54) is 6.26 Å². The number of carbonyl (C=O) groups excluding carboxylic acids is 3. The fraction of sp³-hybridized carbons (Fsp3) is 0.263. The minimum atomic E-state index is -0.449. The number of carbonyl (C=O) groups is 3. The third-order valence-corrected chi connectivity index (χ3v) is 3.74. The average Bonchev–Trinajstić information content (AvgIpc) is 3.18. The fourth-order valence-electron chi connectivity index (χ4n) is 2.26. The largest absolute Gasteiger partial charge is 0.467 e. The zero-order valence-corrected chi connectivity index (χ0v) is 16.1. The summed E-state index contributed by atoms with van der Waals surface area (Å²) in [6.07, 6.45) is 1.44. The predicted octanol–water partition coefficient (Wildman–Crippen LogP) is 2.37. The third kappa shape index (κ3) is 6.84. The number of hydrogen-bond acceptors (Lipinski definition) is 6. The highest BCUT2D eigenvalue weighted by Gasteiger charge is 2.14. The van der Waals surface area contributed by atoms with E-state index >= 15 is 0 Å². The van der Waals surface area contributed by atoms with Crippen LogP contribution in [0.4, 0.5) is 5.69 Å². The van der Waals surface area contributed by atoms with E-state index < -0.39 is 11.9 Å². The lowest BCUT2D eigenvalue weighted by atomic mass is 10.1. The number of anilines is 1. The molecule has 8 nitrogen and oxygen atoms in total. The van der Waals surface area contributed by atoms with Gasteiger partial charge in [0.1, 0.15) is 5.76 Å². The summed E-state index contributed by atoms with van der Waals surface area (Å²) in [6, 6.07) is 10.2. The molecule has 3 N–H and O–H groups in total. The number of para-hydroxylation sites is 1. The Morgan fingerprint density at radius 2 is 1.89 bits per heavy atom. The Kier molecular flexibility index (Phi) is 8.16. The van der Waals surface area contributed by atoms with Crippen LogP contribution in [-0.4, -0.2) is 29.5 Å². The minimum absolute atomic E-state index is 0.0279. The smallest absolute Gasteiger partial charge is 0.306 e. The SMILES string of the molecule is CCOC(=O)CCC(=O)NC(=S)Nc1ccccc1C(=O)NCc1ccco1. The van der Waals surface area contributed by atoms with Crippen LogP contribution in [-0.2, 0) is 20.9 Å². The number of nitrogens with one attached hydrogen (secondary N) is 3. The van der Waals surface area contributed by atoms with Crippen molar-refractivity contribution >= 4 is 40.8 Å². The Balaban J connectivity index is 1.89. The summed E-state index contributed by atoms with van der Waals surface area (Å²) < 4.78 is 9.95. The average molecular weight is 403 g/mol. The number of amides is 2. The van der Waals surface area contributed by atoms with E-state index in [1.807, 2.05) is 0 Å². The number of hydrogen-bond donors (Lipinski definition) is 3. The van der Waals surface area contributed by atoms with Gasteiger partial charge in [0.05, 0.1) is 37.1 Å². The molecular weight excluding hydrogens is 382 g/mol. The van der Waals surface area contributed by atoms with Gasteiger partial charge < -0.3 is 25.1 Å². The molecule has 0 bridgehead atoms. The predicted molar refractivity (Wildman–Crippen MR) is 107 cm³/mol. The zero-order valence-electron chi connectivity index (χ0n) is 15.3. The lowest BCUT2D eigenvalue weighted by Gasteiger charge is -2.13. The summed E-state index contributed by atoms with van der Waals surface area (Å²) in [5, 5.41) is 8.07. The number of ether oxygens (including phenoxy) is 1. The van der Waals surface area contributed by atoms with E-state index in [9.17, 15) is 14.4 Å². The van der Waals surface area contributed by atoms with Crippen LogP contribution in [0.25, 0.3) is 0 Å². The van der Waals surface area contributed by atoms with E-state index in [0.717, 1.165) is 0 Å². The lowest BCUT2D eigenvalue weighted by molar-refractivity contribution is -0.144. The molecule has 0 aliphatic carbocycles. The molecule has 28 heavy (non-hydrogen) atoms. The van der Waals surface area contributed by atoms with Gasteiger partial charge in [-0.1, -0.05) is 12.1 Å². The Morgan fingerprint density at radius 1 is 1.11 bits per heavy atom. The molecule has 1 aromatic carbocycles. The van der Waals surface area contributed by atoms with Crippen LogP contribution in [0.1, 0.15) is 35.9 Å². The van der Waals surface area contributed by atoms with E-state index in [-0.39, 0.29) is 37.0 Å².